The average Bonchev–Trinajstić information content (AvgIpc) is 2.95. The maximum Gasteiger partial charge on any atom is 0.410 e. The minimum absolute atomic E-state index is 0.0568. The van der Waals surface area contributed by atoms with Gasteiger partial charge < -0.3 is 15.4 Å². The molecule has 4 heteroatoms. The van der Waals surface area contributed by atoms with Crippen LogP contribution in [0.1, 0.15) is 62.8 Å². The van der Waals surface area contributed by atoms with Gasteiger partial charge in [-0.3, -0.25) is 0 Å². The highest BCUT2D eigenvalue weighted by atomic mass is 16.6. The molecule has 4 nitrogen and oxygen atoms in total. The van der Waals surface area contributed by atoms with Gasteiger partial charge in [0.25, 0.3) is 0 Å². The van der Waals surface area contributed by atoms with E-state index in [9.17, 15) is 4.79 Å². The Morgan fingerprint density at radius 1 is 0.861 bits per heavy atom. The fraction of sp³-hybridized carbons (Fsp3) is 0.344. The molecular formula is C32H40N2O2. The summed E-state index contributed by atoms with van der Waals surface area (Å²) in [6, 6.07) is 26.6. The van der Waals surface area contributed by atoms with Crippen molar-refractivity contribution in [2.75, 3.05) is 18.8 Å². The van der Waals surface area contributed by atoms with Crippen LogP contribution in [-0.2, 0) is 17.8 Å². The molecule has 1 heterocycles. The number of piperidine rings is 1. The highest BCUT2D eigenvalue weighted by Crippen LogP contribution is 2.45. The Hall–Kier alpha value is -3.53. The van der Waals surface area contributed by atoms with E-state index in [1.54, 1.807) is 0 Å². The van der Waals surface area contributed by atoms with Crippen LogP contribution in [0.15, 0.2) is 84.9 Å². The van der Waals surface area contributed by atoms with Crippen molar-refractivity contribution < 1.29 is 9.53 Å². The molecule has 1 amide bonds. The first-order valence-corrected chi connectivity index (χ1v) is 13.2. The van der Waals surface area contributed by atoms with Crippen LogP contribution in [-0.4, -0.2) is 24.1 Å². The monoisotopic (exact) mass is 484 g/mol. The number of nitrogens with two attached hydrogens (primary N) is 1. The second-order valence-corrected chi connectivity index (χ2v) is 8.90. The minimum Gasteiger partial charge on any atom is -0.445 e. The van der Waals surface area contributed by atoms with Crippen molar-refractivity contribution in [3.05, 3.63) is 107 Å². The minimum atomic E-state index is -0.220. The summed E-state index contributed by atoms with van der Waals surface area (Å²) in [7, 11) is 0. The largest absolute Gasteiger partial charge is 0.445 e. The SMILES string of the molecule is CC.CC.Nc1ccc(C2=CC3(CCN(C(=O)OCc4ccccc4)CC3)Cc3ccccc32)cc1. The molecule has 1 aliphatic heterocycles. The molecule has 0 atom stereocenters. The number of nitrogen functional groups attached to an aromatic ring is 1. The van der Waals surface area contributed by atoms with Crippen molar-refractivity contribution in [1.82, 2.24) is 4.90 Å². The quantitative estimate of drug-likeness (QED) is 0.387. The van der Waals surface area contributed by atoms with E-state index in [1.807, 2.05) is 75.1 Å². The number of rotatable bonds is 3. The van der Waals surface area contributed by atoms with E-state index in [1.165, 1.54) is 22.3 Å². The van der Waals surface area contributed by atoms with E-state index in [0.717, 1.165) is 30.5 Å². The van der Waals surface area contributed by atoms with E-state index in [-0.39, 0.29) is 11.5 Å². The van der Waals surface area contributed by atoms with Crippen LogP contribution in [0, 0.1) is 5.41 Å². The van der Waals surface area contributed by atoms with Gasteiger partial charge in [0.15, 0.2) is 0 Å². The smallest absolute Gasteiger partial charge is 0.410 e. The zero-order chi connectivity index (χ0) is 26.0. The van der Waals surface area contributed by atoms with Crippen molar-refractivity contribution in [2.24, 2.45) is 5.41 Å². The summed E-state index contributed by atoms with van der Waals surface area (Å²) >= 11 is 0. The normalized spacial score (nSPS) is 15.3. The summed E-state index contributed by atoms with van der Waals surface area (Å²) < 4.78 is 5.56. The predicted molar refractivity (Wildman–Crippen MR) is 151 cm³/mol. The van der Waals surface area contributed by atoms with Gasteiger partial charge in [0.2, 0.25) is 0 Å². The van der Waals surface area contributed by atoms with Crippen LogP contribution in [0.5, 0.6) is 0 Å². The van der Waals surface area contributed by atoms with Gasteiger partial charge in [-0.1, -0.05) is 101 Å². The van der Waals surface area contributed by atoms with Crippen LogP contribution in [0.4, 0.5) is 10.5 Å². The van der Waals surface area contributed by atoms with Gasteiger partial charge in [-0.2, -0.15) is 0 Å². The molecule has 0 aromatic heterocycles. The second-order valence-electron chi connectivity index (χ2n) is 8.90. The van der Waals surface area contributed by atoms with Gasteiger partial charge in [0.05, 0.1) is 0 Å². The topological polar surface area (TPSA) is 55.6 Å². The number of benzene rings is 3. The third kappa shape index (κ3) is 6.37. The molecule has 0 unspecified atom stereocenters. The number of carbonyl (C=O) groups is 1. The highest BCUT2D eigenvalue weighted by Gasteiger charge is 2.38. The zero-order valence-electron chi connectivity index (χ0n) is 22.2. The molecule has 36 heavy (non-hydrogen) atoms. The van der Waals surface area contributed by atoms with Gasteiger partial charge in [-0.15, -0.1) is 0 Å². The highest BCUT2D eigenvalue weighted by molar-refractivity contribution is 5.84. The zero-order valence-corrected chi connectivity index (χ0v) is 22.2. The average molecular weight is 485 g/mol. The summed E-state index contributed by atoms with van der Waals surface area (Å²) in [6.45, 7) is 9.73. The van der Waals surface area contributed by atoms with E-state index in [2.05, 4.69) is 42.5 Å². The van der Waals surface area contributed by atoms with Crippen LogP contribution in [0.25, 0.3) is 5.57 Å². The fourth-order valence-corrected chi connectivity index (χ4v) is 4.92. The van der Waals surface area contributed by atoms with E-state index >= 15 is 0 Å². The molecule has 1 saturated heterocycles. The number of amides is 1. The Balaban J connectivity index is 0.000000861. The summed E-state index contributed by atoms with van der Waals surface area (Å²) in [4.78, 5) is 14.5. The summed E-state index contributed by atoms with van der Waals surface area (Å²) in [5.74, 6) is 0. The third-order valence-electron chi connectivity index (χ3n) is 6.74. The molecule has 1 spiro atoms. The van der Waals surface area contributed by atoms with Crippen molar-refractivity contribution in [1.29, 1.82) is 0 Å². The molecule has 1 fully saturated rings. The number of hydrogen-bond donors (Lipinski definition) is 1. The van der Waals surface area contributed by atoms with Crippen LogP contribution in [0.2, 0.25) is 0 Å². The summed E-state index contributed by atoms with van der Waals surface area (Å²) in [5.41, 5.74) is 12.9. The Bertz CT molecular complexity index is 1130. The van der Waals surface area contributed by atoms with Gasteiger partial charge in [-0.05, 0) is 64.6 Å². The number of ether oxygens (including phenoxy) is 1. The van der Waals surface area contributed by atoms with Crippen LogP contribution < -0.4 is 5.73 Å². The van der Waals surface area contributed by atoms with Crippen molar-refractivity contribution in [2.45, 2.75) is 53.6 Å². The van der Waals surface area contributed by atoms with Gasteiger partial charge in [0, 0.05) is 18.8 Å². The Labute approximate surface area is 216 Å². The number of hydrogen-bond acceptors (Lipinski definition) is 3. The first-order valence-electron chi connectivity index (χ1n) is 13.2. The van der Waals surface area contributed by atoms with Crippen LogP contribution in [0.3, 0.4) is 0 Å². The summed E-state index contributed by atoms with van der Waals surface area (Å²) in [5, 5.41) is 0. The van der Waals surface area contributed by atoms with Crippen molar-refractivity contribution >= 4 is 17.4 Å². The number of fused-ring (bicyclic) bond motifs is 1. The van der Waals surface area contributed by atoms with Gasteiger partial charge >= 0.3 is 6.09 Å². The molecule has 0 saturated carbocycles. The molecule has 3 aromatic carbocycles. The molecule has 5 rings (SSSR count). The Morgan fingerprint density at radius 2 is 1.47 bits per heavy atom. The molecule has 2 aliphatic rings. The number of carbonyl (C=O) groups excluding carboxylic acids is 1. The van der Waals surface area contributed by atoms with E-state index in [0.29, 0.717) is 19.7 Å². The molecule has 2 N–H and O–H groups in total. The lowest BCUT2D eigenvalue weighted by Crippen LogP contribution is -2.44. The molecule has 0 bridgehead atoms. The first-order chi connectivity index (χ1) is 17.6. The molecular weight excluding hydrogens is 444 g/mol. The maximum absolute atomic E-state index is 12.6. The number of nitrogens with zero attached hydrogens (tertiary/aromatic N) is 1. The van der Waals surface area contributed by atoms with Crippen LogP contribution >= 0.6 is 0 Å². The maximum atomic E-state index is 12.6. The van der Waals surface area contributed by atoms with Crippen molar-refractivity contribution in [3.8, 4) is 0 Å². The first kappa shape index (κ1) is 27.1. The molecule has 3 aromatic rings. The lowest BCUT2D eigenvalue weighted by Gasteiger charge is -2.43. The Kier molecular flexibility index (Phi) is 9.75. The number of likely N-dealkylation sites (tertiary alicyclic amines) is 1. The van der Waals surface area contributed by atoms with E-state index < -0.39 is 0 Å². The second kappa shape index (κ2) is 13.0. The lowest BCUT2D eigenvalue weighted by atomic mass is 9.67. The number of allylic oxidation sites excluding steroid dienone is 1. The van der Waals surface area contributed by atoms with Gasteiger partial charge in [-0.25, -0.2) is 4.79 Å². The van der Waals surface area contributed by atoms with E-state index in [4.69, 9.17) is 10.5 Å². The molecule has 0 radical (unpaired) electrons. The molecule has 190 valence electrons. The molecule has 1 aliphatic carbocycles. The Morgan fingerprint density at radius 3 is 2.14 bits per heavy atom. The predicted octanol–water partition coefficient (Wildman–Crippen LogP) is 7.73. The van der Waals surface area contributed by atoms with Crippen molar-refractivity contribution in [3.63, 3.8) is 0 Å². The lowest BCUT2D eigenvalue weighted by molar-refractivity contribution is 0.0722. The van der Waals surface area contributed by atoms with Gasteiger partial charge in [0.1, 0.15) is 6.61 Å². The standard InChI is InChI=1S/C28H28N2O2.2C2H6/c29-24-12-10-22(11-13-24)26-19-28(18-23-8-4-5-9-25(23)26)14-16-30(17-15-28)27(31)32-20-21-6-2-1-3-7-21;2*1-2/h1-13,19H,14-18,20,29H2;2*1-2H3. The fourth-order valence-electron chi connectivity index (χ4n) is 4.92. The summed E-state index contributed by atoms with van der Waals surface area (Å²) in [6.07, 6.45) is 5.10. The number of anilines is 1. The third-order valence-corrected chi connectivity index (χ3v) is 6.74.